The second kappa shape index (κ2) is 6.94. The van der Waals surface area contributed by atoms with Crippen molar-refractivity contribution in [2.24, 2.45) is 0 Å². The molecule has 1 nitrogen and oxygen atoms in total. The Kier molecular flexibility index (Phi) is 3.72. The van der Waals surface area contributed by atoms with Crippen molar-refractivity contribution >= 4 is 43.1 Å². The van der Waals surface area contributed by atoms with Crippen molar-refractivity contribution in [3.8, 4) is 33.8 Å². The van der Waals surface area contributed by atoms with E-state index >= 15 is 0 Å². The van der Waals surface area contributed by atoms with Crippen LogP contribution in [0, 0.1) is 0 Å². The Morgan fingerprint density at radius 2 is 1.06 bits per heavy atom. The smallest absolute Gasteiger partial charge is 0.143 e. The van der Waals surface area contributed by atoms with E-state index in [2.05, 4.69) is 115 Å². The predicted molar refractivity (Wildman–Crippen MR) is 147 cm³/mol. The molecule has 1 aliphatic rings. The van der Waals surface area contributed by atoms with E-state index in [-0.39, 0.29) is 0 Å². The van der Waals surface area contributed by atoms with Gasteiger partial charge in [-0.15, -0.1) is 0 Å². The molecule has 0 bridgehead atoms. The number of ether oxygens (including phenoxy) is 1. The molecule has 35 heavy (non-hydrogen) atoms. The van der Waals surface area contributed by atoms with E-state index < -0.39 is 0 Å². The molecule has 1 heteroatoms. The van der Waals surface area contributed by atoms with Crippen LogP contribution >= 0.6 is 0 Å². The van der Waals surface area contributed by atoms with Crippen molar-refractivity contribution in [3.63, 3.8) is 0 Å². The molecule has 0 unspecified atom stereocenters. The van der Waals surface area contributed by atoms with E-state index in [1.807, 2.05) is 6.07 Å². The molecule has 0 N–H and O–H groups in total. The maximum atomic E-state index is 6.64. The van der Waals surface area contributed by atoms with Gasteiger partial charge in [0.05, 0.1) is 0 Å². The summed E-state index contributed by atoms with van der Waals surface area (Å²) >= 11 is 0. The normalized spacial score (nSPS) is 12.2. The first kappa shape index (κ1) is 18.8. The highest BCUT2D eigenvalue weighted by Gasteiger charge is 2.23. The van der Waals surface area contributed by atoms with E-state index in [0.717, 1.165) is 22.6 Å². The van der Waals surface area contributed by atoms with Crippen molar-refractivity contribution < 1.29 is 4.74 Å². The molecule has 0 radical (unpaired) electrons. The lowest BCUT2D eigenvalue weighted by Gasteiger charge is -2.24. The van der Waals surface area contributed by atoms with E-state index in [1.54, 1.807) is 0 Å². The molecule has 0 saturated heterocycles. The summed E-state index contributed by atoms with van der Waals surface area (Å²) < 4.78 is 6.64. The summed E-state index contributed by atoms with van der Waals surface area (Å²) in [7, 11) is 0. The lowest BCUT2D eigenvalue weighted by atomic mass is 9.89. The lowest BCUT2D eigenvalue weighted by molar-refractivity contribution is 0.489. The molecular formula is C34H20O. The average Bonchev–Trinajstić information content (AvgIpc) is 2.92. The molecule has 0 spiro atoms. The monoisotopic (exact) mass is 444 g/mol. The third-order valence-corrected chi connectivity index (χ3v) is 7.42. The van der Waals surface area contributed by atoms with E-state index in [1.165, 1.54) is 54.2 Å². The van der Waals surface area contributed by atoms with Gasteiger partial charge in [-0.05, 0) is 73.1 Å². The Hall–Kier alpha value is -4.62. The van der Waals surface area contributed by atoms with Crippen LogP contribution in [0.5, 0.6) is 11.5 Å². The minimum Gasteiger partial charge on any atom is -0.455 e. The van der Waals surface area contributed by atoms with Gasteiger partial charge < -0.3 is 4.74 Å². The van der Waals surface area contributed by atoms with E-state index in [0.29, 0.717) is 0 Å². The lowest BCUT2D eigenvalue weighted by Crippen LogP contribution is -1.99. The molecule has 7 aromatic rings. The Balaban J connectivity index is 1.48. The van der Waals surface area contributed by atoms with Gasteiger partial charge in [-0.25, -0.2) is 0 Å². The molecule has 0 aromatic heterocycles. The highest BCUT2D eigenvalue weighted by molar-refractivity contribution is 6.16. The van der Waals surface area contributed by atoms with E-state index in [9.17, 15) is 0 Å². The summed E-state index contributed by atoms with van der Waals surface area (Å²) in [6.45, 7) is 0. The number of para-hydroxylation sites is 1. The Labute approximate surface area is 202 Å². The van der Waals surface area contributed by atoms with Crippen LogP contribution in [-0.2, 0) is 0 Å². The predicted octanol–water partition coefficient (Wildman–Crippen LogP) is 9.74. The molecule has 162 valence electrons. The maximum absolute atomic E-state index is 6.64. The molecule has 8 rings (SSSR count). The van der Waals surface area contributed by atoms with Crippen LogP contribution < -0.4 is 4.74 Å². The molecule has 1 heterocycles. The second-order valence-corrected chi connectivity index (χ2v) is 9.33. The van der Waals surface area contributed by atoms with Gasteiger partial charge in [0.25, 0.3) is 0 Å². The molecular weight excluding hydrogens is 424 g/mol. The van der Waals surface area contributed by atoms with Crippen molar-refractivity contribution in [2.75, 3.05) is 0 Å². The van der Waals surface area contributed by atoms with Crippen LogP contribution in [0.25, 0.3) is 65.3 Å². The number of benzene rings is 7. The van der Waals surface area contributed by atoms with Crippen molar-refractivity contribution in [3.05, 3.63) is 121 Å². The van der Waals surface area contributed by atoms with Crippen molar-refractivity contribution in [1.29, 1.82) is 0 Å². The number of hydrogen-bond donors (Lipinski definition) is 0. The van der Waals surface area contributed by atoms with Crippen molar-refractivity contribution in [1.82, 2.24) is 0 Å². The third-order valence-electron chi connectivity index (χ3n) is 7.42. The highest BCUT2D eigenvalue weighted by atomic mass is 16.5. The zero-order valence-corrected chi connectivity index (χ0v) is 19.0. The summed E-state index contributed by atoms with van der Waals surface area (Å²) in [5.74, 6) is 1.86. The fourth-order valence-electron chi connectivity index (χ4n) is 5.79. The third kappa shape index (κ3) is 2.64. The fourth-order valence-corrected chi connectivity index (χ4v) is 5.79. The van der Waals surface area contributed by atoms with Crippen LogP contribution in [0.4, 0.5) is 0 Å². The minimum atomic E-state index is 0.914. The van der Waals surface area contributed by atoms with Crippen LogP contribution in [0.2, 0.25) is 0 Å². The first-order valence-corrected chi connectivity index (χ1v) is 12.0. The zero-order chi connectivity index (χ0) is 22.9. The van der Waals surface area contributed by atoms with Crippen LogP contribution in [0.15, 0.2) is 121 Å². The first-order chi connectivity index (χ1) is 17.3. The quantitative estimate of drug-likeness (QED) is 0.181. The van der Waals surface area contributed by atoms with Crippen molar-refractivity contribution in [2.45, 2.75) is 0 Å². The van der Waals surface area contributed by atoms with E-state index in [4.69, 9.17) is 4.74 Å². The number of rotatable bonds is 1. The Morgan fingerprint density at radius 3 is 2.03 bits per heavy atom. The summed E-state index contributed by atoms with van der Waals surface area (Å²) in [5.41, 5.74) is 4.71. The van der Waals surface area contributed by atoms with Gasteiger partial charge in [-0.3, -0.25) is 0 Å². The molecule has 1 aliphatic heterocycles. The molecule has 0 saturated carbocycles. The minimum absolute atomic E-state index is 0.914. The highest BCUT2D eigenvalue weighted by Crippen LogP contribution is 2.51. The first-order valence-electron chi connectivity index (χ1n) is 12.0. The SMILES string of the molecule is c1ccc2c(c1)Oc1c(-c3cccc4cc5ccc6ccccc6c5cc34)ccc3cccc-2c13. The van der Waals surface area contributed by atoms with Gasteiger partial charge in [0.2, 0.25) is 0 Å². The summed E-state index contributed by atoms with van der Waals surface area (Å²) in [4.78, 5) is 0. The Morgan fingerprint density at radius 1 is 0.371 bits per heavy atom. The van der Waals surface area contributed by atoms with Gasteiger partial charge in [0.1, 0.15) is 11.5 Å². The molecule has 7 aromatic carbocycles. The van der Waals surface area contributed by atoms with Crippen LogP contribution in [0.1, 0.15) is 0 Å². The summed E-state index contributed by atoms with van der Waals surface area (Å²) in [6.07, 6.45) is 0. The topological polar surface area (TPSA) is 9.23 Å². The van der Waals surface area contributed by atoms with Crippen LogP contribution in [-0.4, -0.2) is 0 Å². The van der Waals surface area contributed by atoms with Crippen LogP contribution in [0.3, 0.4) is 0 Å². The van der Waals surface area contributed by atoms with Gasteiger partial charge in [-0.1, -0.05) is 97.1 Å². The standard InChI is InChI=1S/C34H20O/c1-2-10-25-21(7-1)15-16-24-19-23-9-6-12-26(31(23)20-30(24)25)29-18-17-22-8-5-13-28-27-11-3-4-14-32(27)35-34(29)33(22)28/h1-20H. The zero-order valence-electron chi connectivity index (χ0n) is 19.0. The summed E-state index contributed by atoms with van der Waals surface area (Å²) in [5, 5.41) is 9.97. The molecule has 0 amide bonds. The van der Waals surface area contributed by atoms with Gasteiger partial charge in [-0.2, -0.15) is 0 Å². The second-order valence-electron chi connectivity index (χ2n) is 9.33. The largest absolute Gasteiger partial charge is 0.455 e. The maximum Gasteiger partial charge on any atom is 0.143 e. The van der Waals surface area contributed by atoms with Gasteiger partial charge in [0, 0.05) is 16.5 Å². The number of hydrogen-bond acceptors (Lipinski definition) is 1. The molecule has 0 atom stereocenters. The van der Waals surface area contributed by atoms with Gasteiger partial charge >= 0.3 is 0 Å². The molecule has 0 fully saturated rings. The Bertz CT molecular complexity index is 1980. The average molecular weight is 445 g/mol. The number of fused-ring (bicyclic) bond motifs is 6. The fraction of sp³-hybridized carbons (Fsp3) is 0. The summed E-state index contributed by atoms with van der Waals surface area (Å²) in [6, 6.07) is 43.7. The molecule has 0 aliphatic carbocycles. The van der Waals surface area contributed by atoms with Gasteiger partial charge in [0.15, 0.2) is 0 Å².